The van der Waals surface area contributed by atoms with Crippen molar-refractivity contribution in [3.8, 4) is 0 Å². The Labute approximate surface area is 228 Å². The molecule has 0 bridgehead atoms. The third kappa shape index (κ3) is 7.69. The van der Waals surface area contributed by atoms with Crippen molar-refractivity contribution in [2.75, 3.05) is 11.5 Å². The summed E-state index contributed by atoms with van der Waals surface area (Å²) in [5.74, 6) is -2.05. The average Bonchev–Trinajstić information content (AvgIpc) is 2.77. The van der Waals surface area contributed by atoms with Crippen LogP contribution in [0.2, 0.25) is 10.0 Å². The maximum atomic E-state index is 13.8. The van der Waals surface area contributed by atoms with Crippen LogP contribution in [0.15, 0.2) is 48.5 Å². The molecule has 1 N–H and O–H groups in total. The molecule has 1 fully saturated rings. The molecule has 1 aliphatic heterocycles. The molecule has 0 aromatic heterocycles. The number of benzene rings is 2. The SMILES string of the molecule is CCC(CS(=O)(=O)CC(C)(C)C)N1C(=O)[C@@H](CC(=O)O)O[C@H](c2cccc(Cl)c2)[C@H]1c1ccc(Cl)cc1. The van der Waals surface area contributed by atoms with Gasteiger partial charge in [-0.1, -0.05) is 75.2 Å². The smallest absolute Gasteiger partial charge is 0.306 e. The highest BCUT2D eigenvalue weighted by atomic mass is 35.5. The molecule has 1 amide bonds. The first-order valence-corrected chi connectivity index (χ1v) is 14.7. The Morgan fingerprint density at radius 1 is 1.08 bits per heavy atom. The van der Waals surface area contributed by atoms with E-state index in [-0.39, 0.29) is 11.5 Å². The van der Waals surface area contributed by atoms with Gasteiger partial charge in [0, 0.05) is 16.1 Å². The van der Waals surface area contributed by atoms with Crippen molar-refractivity contribution in [3.05, 3.63) is 69.7 Å². The molecular weight excluding hydrogens is 537 g/mol. The molecular formula is C27H33Cl2NO6S. The van der Waals surface area contributed by atoms with Gasteiger partial charge in [-0.2, -0.15) is 0 Å². The number of rotatable bonds is 9. The predicted molar refractivity (Wildman–Crippen MR) is 145 cm³/mol. The zero-order chi connectivity index (χ0) is 27.5. The predicted octanol–water partition coefficient (Wildman–Crippen LogP) is 5.72. The van der Waals surface area contributed by atoms with E-state index in [1.54, 1.807) is 48.5 Å². The van der Waals surface area contributed by atoms with E-state index in [0.29, 0.717) is 27.6 Å². The van der Waals surface area contributed by atoms with Crippen molar-refractivity contribution >= 4 is 44.9 Å². The maximum Gasteiger partial charge on any atom is 0.306 e. The molecule has 0 spiro atoms. The van der Waals surface area contributed by atoms with Gasteiger partial charge in [-0.3, -0.25) is 9.59 Å². The molecule has 2 aromatic carbocycles. The molecule has 10 heteroatoms. The van der Waals surface area contributed by atoms with Crippen molar-refractivity contribution in [1.29, 1.82) is 0 Å². The Kier molecular flexibility index (Phi) is 9.32. The fraction of sp³-hybridized carbons (Fsp3) is 0.481. The van der Waals surface area contributed by atoms with Crippen molar-refractivity contribution in [3.63, 3.8) is 0 Å². The highest BCUT2D eigenvalue weighted by Gasteiger charge is 2.48. The van der Waals surface area contributed by atoms with Crippen LogP contribution in [0.3, 0.4) is 0 Å². The number of aliphatic carboxylic acids is 1. The Morgan fingerprint density at radius 2 is 1.73 bits per heavy atom. The average molecular weight is 571 g/mol. The summed E-state index contributed by atoms with van der Waals surface area (Å²) < 4.78 is 32.6. The zero-order valence-electron chi connectivity index (χ0n) is 21.4. The van der Waals surface area contributed by atoms with Crippen LogP contribution in [0.5, 0.6) is 0 Å². The molecule has 0 aliphatic carbocycles. The first-order valence-electron chi connectivity index (χ1n) is 12.1. The lowest BCUT2D eigenvalue weighted by molar-refractivity contribution is -0.182. The molecule has 37 heavy (non-hydrogen) atoms. The van der Waals surface area contributed by atoms with E-state index in [2.05, 4.69) is 0 Å². The number of carboxylic acid groups (broad SMARTS) is 1. The molecule has 0 radical (unpaired) electrons. The van der Waals surface area contributed by atoms with Crippen molar-refractivity contribution in [2.45, 2.75) is 64.8 Å². The first-order chi connectivity index (χ1) is 17.2. The summed E-state index contributed by atoms with van der Waals surface area (Å²) in [6.07, 6.45) is -2.28. The second-order valence-corrected chi connectivity index (χ2v) is 13.6. The molecule has 3 rings (SSSR count). The number of amides is 1. The molecule has 1 unspecified atom stereocenters. The number of carbonyl (C=O) groups excluding carboxylic acids is 1. The molecule has 202 valence electrons. The van der Waals surface area contributed by atoms with Gasteiger partial charge in [-0.25, -0.2) is 8.42 Å². The number of carboxylic acids is 1. The van der Waals surface area contributed by atoms with E-state index in [4.69, 9.17) is 27.9 Å². The highest BCUT2D eigenvalue weighted by molar-refractivity contribution is 7.91. The van der Waals surface area contributed by atoms with Gasteiger partial charge in [0.15, 0.2) is 9.84 Å². The third-order valence-electron chi connectivity index (χ3n) is 6.14. The van der Waals surface area contributed by atoms with E-state index >= 15 is 0 Å². The molecule has 2 aromatic rings. The van der Waals surface area contributed by atoms with Crippen LogP contribution in [-0.2, 0) is 24.2 Å². The summed E-state index contributed by atoms with van der Waals surface area (Å²) >= 11 is 12.4. The molecule has 1 aliphatic rings. The Balaban J connectivity index is 2.17. The van der Waals surface area contributed by atoms with E-state index < -0.39 is 57.8 Å². The van der Waals surface area contributed by atoms with Crippen LogP contribution in [0.4, 0.5) is 0 Å². The summed E-state index contributed by atoms with van der Waals surface area (Å²) in [4.78, 5) is 27.0. The van der Waals surface area contributed by atoms with Crippen LogP contribution in [0.25, 0.3) is 0 Å². The minimum Gasteiger partial charge on any atom is -0.481 e. The van der Waals surface area contributed by atoms with E-state index in [9.17, 15) is 23.1 Å². The summed E-state index contributed by atoms with van der Waals surface area (Å²) in [5, 5.41) is 10.5. The molecule has 1 heterocycles. The normalized spacial score (nSPS) is 21.6. The minimum absolute atomic E-state index is 0.0447. The van der Waals surface area contributed by atoms with Crippen LogP contribution in [0.1, 0.15) is 63.8 Å². The number of sulfone groups is 1. The standard InChI is InChI=1S/C27H33Cl2NO6S/c1-5-21(15-37(34,35)16-27(2,3)4)30-24(17-9-11-19(28)12-10-17)25(18-7-6-8-20(29)13-18)36-22(26(30)33)14-23(31)32/h6-13,21-22,24-25H,5,14-16H2,1-4H3,(H,31,32)/t21?,22-,24-,25-/m1/s1. The number of ether oxygens (including phenoxy) is 1. The summed E-state index contributed by atoms with van der Waals surface area (Å²) in [6, 6.07) is 12.4. The van der Waals surface area contributed by atoms with Gasteiger partial charge in [-0.05, 0) is 47.2 Å². The lowest BCUT2D eigenvalue weighted by atomic mass is 9.89. The number of hydrogen-bond donors (Lipinski definition) is 1. The number of hydrogen-bond acceptors (Lipinski definition) is 5. The molecule has 4 atom stereocenters. The van der Waals surface area contributed by atoms with Gasteiger partial charge >= 0.3 is 5.97 Å². The van der Waals surface area contributed by atoms with Gasteiger partial charge in [0.25, 0.3) is 5.91 Å². The van der Waals surface area contributed by atoms with Gasteiger partial charge in [-0.15, -0.1) is 0 Å². The molecule has 1 saturated heterocycles. The number of halogens is 2. The number of carbonyl (C=O) groups is 2. The van der Waals surface area contributed by atoms with Crippen molar-refractivity contribution in [1.82, 2.24) is 4.90 Å². The first kappa shape index (κ1) is 29.4. The molecule has 0 saturated carbocycles. The highest BCUT2D eigenvalue weighted by Crippen LogP contribution is 2.45. The quantitative estimate of drug-likeness (QED) is 0.414. The van der Waals surface area contributed by atoms with Crippen LogP contribution >= 0.6 is 23.2 Å². The summed E-state index contributed by atoms with van der Waals surface area (Å²) in [6.45, 7) is 7.36. The van der Waals surface area contributed by atoms with E-state index in [0.717, 1.165) is 0 Å². The van der Waals surface area contributed by atoms with Crippen molar-refractivity contribution < 1.29 is 27.9 Å². The summed E-state index contributed by atoms with van der Waals surface area (Å²) in [5.41, 5.74) is 0.868. The lowest BCUT2D eigenvalue weighted by Gasteiger charge is -2.48. The lowest BCUT2D eigenvalue weighted by Crippen LogP contribution is -2.56. The third-order valence-corrected chi connectivity index (χ3v) is 8.83. The summed E-state index contributed by atoms with van der Waals surface area (Å²) in [7, 11) is -3.56. The molecule has 7 nitrogen and oxygen atoms in total. The monoisotopic (exact) mass is 569 g/mol. The fourth-order valence-electron chi connectivity index (χ4n) is 4.81. The Bertz CT molecular complexity index is 1230. The van der Waals surface area contributed by atoms with Gasteiger partial charge < -0.3 is 14.7 Å². The second kappa shape index (κ2) is 11.7. The van der Waals surface area contributed by atoms with Gasteiger partial charge in [0.2, 0.25) is 0 Å². The largest absolute Gasteiger partial charge is 0.481 e. The second-order valence-electron chi connectivity index (χ2n) is 10.6. The Morgan fingerprint density at radius 3 is 2.27 bits per heavy atom. The minimum atomic E-state index is -3.56. The van der Waals surface area contributed by atoms with Crippen LogP contribution in [0, 0.1) is 5.41 Å². The van der Waals surface area contributed by atoms with E-state index in [1.165, 1.54) is 4.90 Å². The number of morpholine rings is 1. The van der Waals surface area contributed by atoms with Crippen LogP contribution in [-0.4, -0.2) is 54.0 Å². The maximum absolute atomic E-state index is 13.8. The van der Waals surface area contributed by atoms with Crippen LogP contribution < -0.4 is 0 Å². The zero-order valence-corrected chi connectivity index (χ0v) is 23.7. The van der Waals surface area contributed by atoms with Gasteiger partial charge in [0.1, 0.15) is 12.2 Å². The topological polar surface area (TPSA) is 101 Å². The van der Waals surface area contributed by atoms with Gasteiger partial charge in [0.05, 0.1) is 24.0 Å². The van der Waals surface area contributed by atoms with E-state index in [1.807, 2.05) is 27.7 Å². The fourth-order valence-corrected chi connectivity index (χ4v) is 7.55. The Hall–Kier alpha value is -2.13. The number of nitrogens with zero attached hydrogens (tertiary/aromatic N) is 1. The van der Waals surface area contributed by atoms with Crippen molar-refractivity contribution in [2.24, 2.45) is 5.41 Å².